The molecule has 0 aliphatic heterocycles. The van der Waals surface area contributed by atoms with E-state index in [2.05, 4.69) is 17.4 Å². The molecule has 8 heteroatoms. The molecule has 1 unspecified atom stereocenters. The summed E-state index contributed by atoms with van der Waals surface area (Å²) in [6.07, 6.45) is 0. The van der Waals surface area contributed by atoms with E-state index in [-0.39, 0.29) is 4.90 Å². The molecule has 0 amide bonds. The summed E-state index contributed by atoms with van der Waals surface area (Å²) in [4.78, 5) is 11.7. The molecule has 0 spiro atoms. The predicted octanol–water partition coefficient (Wildman–Crippen LogP) is 3.76. The number of sulfonamides is 1. The third-order valence-corrected chi connectivity index (χ3v) is 6.65. The Morgan fingerprint density at radius 3 is 1.97 bits per heavy atom. The van der Waals surface area contributed by atoms with Crippen molar-refractivity contribution in [1.82, 2.24) is 4.72 Å². The molecule has 0 radical (unpaired) electrons. The fraction of sp³-hybridized carbons (Fsp3) is 0.136. The highest BCUT2D eigenvalue weighted by Gasteiger charge is 2.31. The normalized spacial score (nSPS) is 13.4. The summed E-state index contributed by atoms with van der Waals surface area (Å²) in [5.41, 5.74) is 2.32. The Balaban J connectivity index is 1.82. The minimum Gasteiger partial charge on any atom is -0.497 e. The van der Waals surface area contributed by atoms with Gasteiger partial charge in [-0.15, -0.1) is 0 Å². The van der Waals surface area contributed by atoms with Crippen LogP contribution in [0.3, 0.4) is 0 Å². The van der Waals surface area contributed by atoms with Crippen LogP contribution in [-0.2, 0) is 14.8 Å². The van der Waals surface area contributed by atoms with Gasteiger partial charge in [0.1, 0.15) is 11.8 Å². The lowest BCUT2D eigenvalue weighted by Gasteiger charge is -2.21. The summed E-state index contributed by atoms with van der Waals surface area (Å²) in [6, 6.07) is 20.8. The van der Waals surface area contributed by atoms with Gasteiger partial charge in [-0.25, -0.2) is 8.42 Å². The van der Waals surface area contributed by atoms with Crippen LogP contribution in [0, 0.1) is 0 Å². The van der Waals surface area contributed by atoms with Crippen LogP contribution in [-0.4, -0.2) is 32.6 Å². The van der Waals surface area contributed by atoms with Crippen molar-refractivity contribution < 1.29 is 23.1 Å². The van der Waals surface area contributed by atoms with E-state index in [1.807, 2.05) is 24.3 Å². The zero-order chi connectivity index (χ0) is 21.7. The van der Waals surface area contributed by atoms with Gasteiger partial charge in [0, 0.05) is 0 Å². The van der Waals surface area contributed by atoms with Gasteiger partial charge < -0.3 is 9.84 Å². The number of methoxy groups -OCH3 is 1. The highest BCUT2D eigenvalue weighted by Crippen LogP contribution is 2.27. The van der Waals surface area contributed by atoms with Gasteiger partial charge in [-0.05, 0) is 41.0 Å². The van der Waals surface area contributed by atoms with Crippen molar-refractivity contribution >= 4 is 28.6 Å². The van der Waals surface area contributed by atoms with Crippen LogP contribution in [0.25, 0.3) is 11.1 Å². The summed E-state index contributed by atoms with van der Waals surface area (Å²) in [7, 11) is -2.48. The number of hydrogen-bond acceptors (Lipinski definition) is 5. The number of benzene rings is 3. The first-order valence-electron chi connectivity index (χ1n) is 9.04. The number of carboxylic acid groups (broad SMARTS) is 1. The fourth-order valence-electron chi connectivity index (χ4n) is 2.94. The van der Waals surface area contributed by atoms with Gasteiger partial charge in [0.25, 0.3) is 0 Å². The van der Waals surface area contributed by atoms with Gasteiger partial charge in [-0.2, -0.15) is 17.4 Å². The summed E-state index contributed by atoms with van der Waals surface area (Å²) in [5.74, 6) is -0.584. The van der Waals surface area contributed by atoms with Crippen LogP contribution in [0.5, 0.6) is 5.75 Å². The second-order valence-corrected chi connectivity index (χ2v) is 8.82. The lowest BCUT2D eigenvalue weighted by atomic mass is 10.1. The average molecular weight is 444 g/mol. The van der Waals surface area contributed by atoms with Crippen LogP contribution < -0.4 is 9.46 Å². The zero-order valence-corrected chi connectivity index (χ0v) is 17.8. The third kappa shape index (κ3) is 5.02. The lowest BCUT2D eigenvalue weighted by molar-refractivity contribution is -0.139. The van der Waals surface area contributed by atoms with Crippen LogP contribution in [0.1, 0.15) is 10.8 Å². The van der Waals surface area contributed by atoms with E-state index in [4.69, 9.17) is 4.74 Å². The number of ether oxygens (including phenoxy) is 1. The number of aliphatic carboxylic acids is 1. The number of carboxylic acids is 1. The maximum absolute atomic E-state index is 12.8. The molecule has 3 rings (SSSR count). The Hall–Kier alpha value is -2.81. The predicted molar refractivity (Wildman–Crippen MR) is 118 cm³/mol. The molecular formula is C22H21NO5S2. The third-order valence-electron chi connectivity index (χ3n) is 4.59. The highest BCUT2D eigenvalue weighted by molar-refractivity contribution is 7.89. The SMILES string of the molecule is COc1ccc(-c2ccc(S(=O)(=O)NC(C(=O)O)[C@@H](S)c3ccccc3)cc2)cc1. The molecule has 0 heterocycles. The first kappa shape index (κ1) is 21.9. The van der Waals surface area contributed by atoms with E-state index in [1.54, 1.807) is 49.6 Å². The van der Waals surface area contributed by atoms with Crippen molar-refractivity contribution in [3.8, 4) is 16.9 Å². The summed E-state index contributed by atoms with van der Waals surface area (Å²) in [6.45, 7) is 0. The Bertz CT molecular complexity index is 1100. The quantitative estimate of drug-likeness (QED) is 0.461. The Kier molecular flexibility index (Phi) is 6.81. The van der Waals surface area contributed by atoms with Gasteiger partial charge in [0.2, 0.25) is 10.0 Å². The van der Waals surface area contributed by atoms with E-state index in [1.165, 1.54) is 12.1 Å². The van der Waals surface area contributed by atoms with Crippen LogP contribution in [0.4, 0.5) is 0 Å². The van der Waals surface area contributed by atoms with Crippen LogP contribution >= 0.6 is 12.6 Å². The average Bonchev–Trinajstić information content (AvgIpc) is 2.77. The van der Waals surface area contributed by atoms with Gasteiger partial charge in [-0.1, -0.05) is 54.6 Å². The lowest BCUT2D eigenvalue weighted by Crippen LogP contribution is -2.43. The van der Waals surface area contributed by atoms with Crippen molar-refractivity contribution in [3.05, 3.63) is 84.4 Å². The highest BCUT2D eigenvalue weighted by atomic mass is 32.2. The molecule has 2 N–H and O–H groups in total. The molecule has 0 saturated heterocycles. The van der Waals surface area contributed by atoms with Crippen LogP contribution in [0.15, 0.2) is 83.8 Å². The number of rotatable bonds is 8. The van der Waals surface area contributed by atoms with Gasteiger partial charge in [-0.3, -0.25) is 4.79 Å². The Morgan fingerprint density at radius 1 is 0.933 bits per heavy atom. The minimum atomic E-state index is -4.07. The summed E-state index contributed by atoms with van der Waals surface area (Å²) < 4.78 is 33.0. The molecule has 0 aromatic heterocycles. The molecule has 0 saturated carbocycles. The molecule has 3 aromatic carbocycles. The number of hydrogen-bond donors (Lipinski definition) is 3. The zero-order valence-electron chi connectivity index (χ0n) is 16.1. The Morgan fingerprint density at radius 2 is 1.47 bits per heavy atom. The summed E-state index contributed by atoms with van der Waals surface area (Å²) in [5, 5.41) is 8.71. The van der Waals surface area contributed by atoms with E-state index in [0.29, 0.717) is 5.56 Å². The van der Waals surface area contributed by atoms with E-state index >= 15 is 0 Å². The molecule has 0 aliphatic carbocycles. The van der Waals surface area contributed by atoms with E-state index in [0.717, 1.165) is 16.9 Å². The molecule has 0 aliphatic rings. The monoisotopic (exact) mass is 443 g/mol. The van der Waals surface area contributed by atoms with E-state index in [9.17, 15) is 18.3 Å². The number of nitrogens with one attached hydrogen (secondary N) is 1. The largest absolute Gasteiger partial charge is 0.497 e. The molecule has 0 bridgehead atoms. The molecular weight excluding hydrogens is 422 g/mol. The fourth-order valence-corrected chi connectivity index (χ4v) is 4.61. The second kappa shape index (κ2) is 9.34. The molecule has 6 nitrogen and oxygen atoms in total. The van der Waals surface area contributed by atoms with Crippen molar-refractivity contribution in [2.75, 3.05) is 7.11 Å². The van der Waals surface area contributed by atoms with Crippen molar-refractivity contribution in [2.45, 2.75) is 16.2 Å². The maximum Gasteiger partial charge on any atom is 0.323 e. The smallest absolute Gasteiger partial charge is 0.323 e. The second-order valence-electron chi connectivity index (χ2n) is 6.55. The minimum absolute atomic E-state index is 0.0281. The topological polar surface area (TPSA) is 92.7 Å². The summed E-state index contributed by atoms with van der Waals surface area (Å²) >= 11 is 4.34. The number of thiol groups is 1. The molecule has 30 heavy (non-hydrogen) atoms. The van der Waals surface area contributed by atoms with Crippen molar-refractivity contribution in [1.29, 1.82) is 0 Å². The maximum atomic E-state index is 12.8. The molecule has 2 atom stereocenters. The molecule has 0 fully saturated rings. The van der Waals surface area contributed by atoms with Crippen molar-refractivity contribution in [2.24, 2.45) is 0 Å². The van der Waals surface area contributed by atoms with Crippen molar-refractivity contribution in [3.63, 3.8) is 0 Å². The number of carbonyl (C=O) groups is 1. The molecule has 156 valence electrons. The molecule has 3 aromatic rings. The van der Waals surface area contributed by atoms with Gasteiger partial charge >= 0.3 is 5.97 Å². The first-order chi connectivity index (χ1) is 14.3. The van der Waals surface area contributed by atoms with Gasteiger partial charge in [0.15, 0.2) is 0 Å². The van der Waals surface area contributed by atoms with Gasteiger partial charge in [0.05, 0.1) is 17.3 Å². The Labute approximate surface area is 181 Å². The standard InChI is InChI=1S/C22H21NO5S2/c1-28-18-11-7-15(8-12-18)16-9-13-19(14-10-16)30(26,27)23-20(22(24)25)21(29)17-5-3-2-4-6-17/h2-14,20-21,23,29H,1H3,(H,24,25)/t20?,21-/m0/s1. The first-order valence-corrected chi connectivity index (χ1v) is 11.0. The van der Waals surface area contributed by atoms with Crippen LogP contribution in [0.2, 0.25) is 0 Å². The van der Waals surface area contributed by atoms with E-state index < -0.39 is 27.3 Å².